The van der Waals surface area contributed by atoms with Gasteiger partial charge in [0.1, 0.15) is 11.7 Å². The minimum absolute atomic E-state index is 0.0712. The maximum atomic E-state index is 14.0. The van der Waals surface area contributed by atoms with Crippen LogP contribution in [0.5, 0.6) is 0 Å². The Morgan fingerprint density at radius 1 is 1.13 bits per heavy atom. The lowest BCUT2D eigenvalue weighted by Gasteiger charge is -2.27. The van der Waals surface area contributed by atoms with Crippen LogP contribution in [0.15, 0.2) is 47.9 Å². The molecule has 208 valence electrons. The Morgan fingerprint density at radius 2 is 1.82 bits per heavy atom. The van der Waals surface area contributed by atoms with Crippen molar-refractivity contribution >= 4 is 17.6 Å². The van der Waals surface area contributed by atoms with Gasteiger partial charge in [0, 0.05) is 30.2 Å². The second-order valence-electron chi connectivity index (χ2n) is 10.6. The average Bonchev–Trinajstić information content (AvgIpc) is 3.79. The number of nitrogens with zero attached hydrogens (tertiary/aromatic N) is 4. The minimum Gasteiger partial charge on any atom is -0.339 e. The summed E-state index contributed by atoms with van der Waals surface area (Å²) in [4.78, 5) is 45.2. The molecule has 2 amide bonds. The zero-order valence-corrected chi connectivity index (χ0v) is 21.5. The molecule has 39 heavy (non-hydrogen) atoms. The highest BCUT2D eigenvalue weighted by molar-refractivity contribution is 6.00. The van der Waals surface area contributed by atoms with E-state index in [-0.39, 0.29) is 17.8 Å². The number of rotatable bonds is 10. The number of alkyl halides is 3. The van der Waals surface area contributed by atoms with E-state index in [1.165, 1.54) is 18.5 Å². The lowest BCUT2D eigenvalue weighted by Crippen LogP contribution is -2.50. The molecule has 1 unspecified atom stereocenters. The molecular formula is C26H30F3N7O3. The molecule has 0 aromatic carbocycles. The third-order valence-corrected chi connectivity index (χ3v) is 7.28. The quantitative estimate of drug-likeness (QED) is 0.358. The molecule has 0 aliphatic heterocycles. The number of hydrogen-bond donors (Lipinski definition) is 3. The van der Waals surface area contributed by atoms with Gasteiger partial charge in [-0.15, -0.1) is 0 Å². The van der Waals surface area contributed by atoms with Gasteiger partial charge in [0.25, 0.3) is 11.5 Å². The Bertz CT molecular complexity index is 1390. The summed E-state index contributed by atoms with van der Waals surface area (Å²) in [6.45, 7) is 3.78. The SMILES string of the molecule is CC(C)n1nccc1C(=O)N[C@H](C(=O)Nc1cn(C(c2ccc[nH]c2=O)C(F)(F)F)cn1)C(C1CC1)C1CC1. The Labute approximate surface area is 222 Å². The summed E-state index contributed by atoms with van der Waals surface area (Å²) >= 11 is 0. The van der Waals surface area contributed by atoms with Crippen molar-refractivity contribution < 1.29 is 22.8 Å². The van der Waals surface area contributed by atoms with Gasteiger partial charge in [-0.3, -0.25) is 19.1 Å². The van der Waals surface area contributed by atoms with Crippen molar-refractivity contribution in [2.75, 3.05) is 5.32 Å². The van der Waals surface area contributed by atoms with Gasteiger partial charge in [0.2, 0.25) is 5.91 Å². The molecule has 3 N–H and O–H groups in total. The highest BCUT2D eigenvalue weighted by Gasteiger charge is 2.49. The number of nitrogens with one attached hydrogen (secondary N) is 3. The first-order valence-corrected chi connectivity index (χ1v) is 13.0. The Hall–Kier alpha value is -3.90. The van der Waals surface area contributed by atoms with Crippen molar-refractivity contribution in [2.45, 2.75) is 63.8 Å². The zero-order valence-electron chi connectivity index (χ0n) is 21.5. The molecule has 5 rings (SSSR count). The number of hydrogen-bond acceptors (Lipinski definition) is 5. The summed E-state index contributed by atoms with van der Waals surface area (Å²) in [7, 11) is 0. The van der Waals surface area contributed by atoms with Crippen LogP contribution >= 0.6 is 0 Å². The lowest BCUT2D eigenvalue weighted by atomic mass is 9.88. The van der Waals surface area contributed by atoms with Gasteiger partial charge in [-0.2, -0.15) is 18.3 Å². The van der Waals surface area contributed by atoms with E-state index in [0.29, 0.717) is 17.5 Å². The molecule has 10 nitrogen and oxygen atoms in total. The first kappa shape index (κ1) is 26.7. The van der Waals surface area contributed by atoms with E-state index in [9.17, 15) is 27.6 Å². The molecule has 2 aliphatic rings. The van der Waals surface area contributed by atoms with E-state index in [1.807, 2.05) is 13.8 Å². The first-order valence-electron chi connectivity index (χ1n) is 13.0. The van der Waals surface area contributed by atoms with Gasteiger partial charge in [-0.05, 0) is 75.5 Å². The predicted molar refractivity (Wildman–Crippen MR) is 135 cm³/mol. The summed E-state index contributed by atoms with van der Waals surface area (Å²) in [5.74, 6) is -0.607. The van der Waals surface area contributed by atoms with E-state index < -0.39 is 41.2 Å². The summed E-state index contributed by atoms with van der Waals surface area (Å²) < 4.78 is 44.3. The van der Waals surface area contributed by atoms with Crippen LogP contribution in [0.2, 0.25) is 0 Å². The highest BCUT2D eigenvalue weighted by Crippen LogP contribution is 2.51. The molecule has 2 fully saturated rings. The van der Waals surface area contributed by atoms with E-state index in [4.69, 9.17) is 0 Å². The smallest absolute Gasteiger partial charge is 0.339 e. The normalized spacial score (nSPS) is 17.3. The number of H-pyrrole nitrogens is 1. The molecular weight excluding hydrogens is 515 g/mol. The maximum absolute atomic E-state index is 14.0. The van der Waals surface area contributed by atoms with Crippen LogP contribution in [0.25, 0.3) is 0 Å². The third-order valence-electron chi connectivity index (χ3n) is 7.28. The van der Waals surface area contributed by atoms with Gasteiger partial charge < -0.3 is 20.2 Å². The summed E-state index contributed by atoms with van der Waals surface area (Å²) in [5.41, 5.74) is -1.06. The molecule has 0 saturated heterocycles. The number of aromatic nitrogens is 5. The van der Waals surface area contributed by atoms with Crippen LogP contribution in [-0.4, -0.2) is 48.3 Å². The second kappa shape index (κ2) is 10.3. The standard InChI is InChI=1S/C26H30F3N7O3/c1-14(2)36-18(9-11-32-36)24(38)34-21(20(15-5-6-15)16-7-8-16)25(39)33-19-12-35(13-31-19)22(26(27,28)29)17-4-3-10-30-23(17)37/h3-4,9-16,20-22H,5-8H2,1-2H3,(H,30,37)(H,33,39)(H,34,38)/t21-,22?/m0/s1. The lowest BCUT2D eigenvalue weighted by molar-refractivity contribution is -0.157. The predicted octanol–water partition coefficient (Wildman–Crippen LogP) is 3.67. The van der Waals surface area contributed by atoms with E-state index in [0.717, 1.165) is 48.8 Å². The van der Waals surface area contributed by atoms with Crippen LogP contribution in [0.3, 0.4) is 0 Å². The third kappa shape index (κ3) is 5.76. The largest absolute Gasteiger partial charge is 0.413 e. The maximum Gasteiger partial charge on any atom is 0.413 e. The molecule has 0 radical (unpaired) electrons. The van der Waals surface area contributed by atoms with Crippen LogP contribution in [0, 0.1) is 17.8 Å². The van der Waals surface area contributed by atoms with Gasteiger partial charge in [0.05, 0.1) is 6.33 Å². The summed E-state index contributed by atoms with van der Waals surface area (Å²) in [5, 5.41) is 9.69. The molecule has 3 heterocycles. The molecule has 2 saturated carbocycles. The van der Waals surface area contributed by atoms with Crippen molar-refractivity contribution in [3.8, 4) is 0 Å². The first-order chi connectivity index (χ1) is 18.5. The Morgan fingerprint density at radius 3 is 2.41 bits per heavy atom. The Kier molecular flexibility index (Phi) is 7.08. The fraction of sp³-hybridized carbons (Fsp3) is 0.500. The number of carbonyl (C=O) groups excluding carboxylic acids is 2. The monoisotopic (exact) mass is 545 g/mol. The number of carbonyl (C=O) groups is 2. The number of imidazole rings is 1. The molecule has 0 spiro atoms. The number of amides is 2. The van der Waals surface area contributed by atoms with Gasteiger partial charge in [0.15, 0.2) is 11.9 Å². The van der Waals surface area contributed by atoms with Gasteiger partial charge in [-0.1, -0.05) is 0 Å². The zero-order chi connectivity index (χ0) is 27.9. The van der Waals surface area contributed by atoms with Crippen molar-refractivity contribution in [1.29, 1.82) is 0 Å². The summed E-state index contributed by atoms with van der Waals surface area (Å²) in [6.07, 6.45) is 3.76. The van der Waals surface area contributed by atoms with Crippen molar-refractivity contribution in [2.24, 2.45) is 17.8 Å². The van der Waals surface area contributed by atoms with Gasteiger partial charge in [-0.25, -0.2) is 4.98 Å². The number of pyridine rings is 1. The second-order valence-corrected chi connectivity index (χ2v) is 10.6. The topological polar surface area (TPSA) is 127 Å². The average molecular weight is 546 g/mol. The Balaban J connectivity index is 1.40. The van der Waals surface area contributed by atoms with Crippen LogP contribution in [0.4, 0.5) is 19.0 Å². The van der Waals surface area contributed by atoms with Crippen LogP contribution in [-0.2, 0) is 4.79 Å². The highest BCUT2D eigenvalue weighted by atomic mass is 19.4. The molecule has 2 atom stereocenters. The summed E-state index contributed by atoms with van der Waals surface area (Å²) in [6, 6.07) is 0.726. The van der Waals surface area contributed by atoms with Crippen molar-refractivity contribution in [3.63, 3.8) is 0 Å². The van der Waals surface area contributed by atoms with E-state index in [2.05, 4.69) is 25.7 Å². The number of aromatic amines is 1. The molecule has 3 aromatic heterocycles. The fourth-order valence-electron chi connectivity index (χ4n) is 5.25. The number of halogens is 3. The van der Waals surface area contributed by atoms with Crippen molar-refractivity contribution in [3.05, 3.63) is 64.7 Å². The minimum atomic E-state index is -4.80. The van der Waals surface area contributed by atoms with E-state index >= 15 is 0 Å². The fourth-order valence-corrected chi connectivity index (χ4v) is 5.25. The molecule has 3 aromatic rings. The van der Waals surface area contributed by atoms with Crippen LogP contribution < -0.4 is 16.2 Å². The van der Waals surface area contributed by atoms with E-state index in [1.54, 1.807) is 10.7 Å². The van der Waals surface area contributed by atoms with Gasteiger partial charge >= 0.3 is 6.18 Å². The molecule has 2 aliphatic carbocycles. The molecule has 13 heteroatoms. The molecule has 0 bridgehead atoms. The van der Waals surface area contributed by atoms with Crippen LogP contribution in [0.1, 0.15) is 67.7 Å². The van der Waals surface area contributed by atoms with Crippen molar-refractivity contribution in [1.82, 2.24) is 29.6 Å². The number of anilines is 1.